The lowest BCUT2D eigenvalue weighted by Gasteiger charge is -2.20. The van der Waals surface area contributed by atoms with Gasteiger partial charge >= 0.3 is 0 Å². The van der Waals surface area contributed by atoms with Crippen molar-refractivity contribution in [2.24, 2.45) is 0 Å². The third kappa shape index (κ3) is 3.69. The topological polar surface area (TPSA) is 86.8 Å². The summed E-state index contributed by atoms with van der Waals surface area (Å²) < 4.78 is 0.727. The summed E-state index contributed by atoms with van der Waals surface area (Å²) in [5, 5.41) is 17.7. The second-order valence-corrected chi connectivity index (χ2v) is 4.33. The van der Waals surface area contributed by atoms with Crippen LogP contribution in [0.2, 0.25) is 0 Å². The van der Waals surface area contributed by atoms with E-state index in [2.05, 4.69) is 15.9 Å². The van der Waals surface area contributed by atoms with E-state index in [4.69, 9.17) is 15.9 Å². The molecule has 17 heavy (non-hydrogen) atoms. The van der Waals surface area contributed by atoms with Crippen LogP contribution in [0, 0.1) is 0 Å². The summed E-state index contributed by atoms with van der Waals surface area (Å²) in [7, 11) is 0. The fourth-order valence-electron chi connectivity index (χ4n) is 1.42. The van der Waals surface area contributed by atoms with Crippen LogP contribution >= 0.6 is 15.9 Å². The Morgan fingerprint density at radius 2 is 1.88 bits per heavy atom. The number of halogens is 1. The minimum Gasteiger partial charge on any atom is -0.398 e. The number of carbonyl (C=O) groups excluding carboxylic acids is 1. The Hall–Kier alpha value is -1.11. The molecule has 5 nitrogen and oxygen atoms in total. The van der Waals surface area contributed by atoms with Crippen molar-refractivity contribution in [2.75, 3.05) is 32.0 Å². The van der Waals surface area contributed by atoms with Crippen molar-refractivity contribution in [2.45, 2.75) is 0 Å². The van der Waals surface area contributed by atoms with Crippen LogP contribution < -0.4 is 5.73 Å². The quantitative estimate of drug-likeness (QED) is 0.690. The molecule has 1 aromatic carbocycles. The van der Waals surface area contributed by atoms with Gasteiger partial charge in [-0.2, -0.15) is 0 Å². The van der Waals surface area contributed by atoms with Crippen molar-refractivity contribution in [1.82, 2.24) is 4.90 Å². The second kappa shape index (κ2) is 6.58. The molecule has 1 rings (SSSR count). The Morgan fingerprint density at radius 1 is 1.29 bits per heavy atom. The lowest BCUT2D eigenvalue weighted by atomic mass is 10.1. The average Bonchev–Trinajstić information content (AvgIpc) is 2.31. The number of carbonyl (C=O) groups is 1. The normalized spacial score (nSPS) is 10.3. The third-order valence-electron chi connectivity index (χ3n) is 2.27. The Bertz CT molecular complexity index is 392. The number of aliphatic hydroxyl groups excluding tert-OH is 2. The maximum atomic E-state index is 12.0. The van der Waals surface area contributed by atoms with Crippen LogP contribution in [-0.4, -0.2) is 47.3 Å². The minimum atomic E-state index is -0.257. The van der Waals surface area contributed by atoms with Crippen molar-refractivity contribution in [3.63, 3.8) is 0 Å². The van der Waals surface area contributed by atoms with Gasteiger partial charge in [0, 0.05) is 28.8 Å². The molecule has 0 fully saturated rings. The molecule has 0 radical (unpaired) electrons. The molecule has 1 aromatic rings. The Labute approximate surface area is 108 Å². The summed E-state index contributed by atoms with van der Waals surface area (Å²) >= 11 is 3.25. The van der Waals surface area contributed by atoms with Gasteiger partial charge < -0.3 is 20.8 Å². The highest BCUT2D eigenvalue weighted by molar-refractivity contribution is 9.10. The third-order valence-corrected chi connectivity index (χ3v) is 2.99. The summed E-state index contributed by atoms with van der Waals surface area (Å²) in [6.45, 7) is 0.0974. The largest absolute Gasteiger partial charge is 0.398 e. The number of nitrogens with two attached hydrogens (primary N) is 1. The van der Waals surface area contributed by atoms with Gasteiger partial charge in [0.05, 0.1) is 13.2 Å². The maximum absolute atomic E-state index is 12.0. The monoisotopic (exact) mass is 302 g/mol. The molecule has 0 heterocycles. The Kier molecular flexibility index (Phi) is 5.40. The first-order valence-corrected chi connectivity index (χ1v) is 5.95. The molecule has 0 aliphatic heterocycles. The Morgan fingerprint density at radius 3 is 2.35 bits per heavy atom. The summed E-state index contributed by atoms with van der Waals surface area (Å²) in [6.07, 6.45) is 0. The van der Waals surface area contributed by atoms with E-state index < -0.39 is 0 Å². The van der Waals surface area contributed by atoms with E-state index in [1.807, 2.05) is 0 Å². The predicted octanol–water partition coefficient (Wildman–Crippen LogP) is 0.458. The van der Waals surface area contributed by atoms with Crippen LogP contribution in [0.15, 0.2) is 22.7 Å². The van der Waals surface area contributed by atoms with Crippen LogP contribution in [-0.2, 0) is 0 Å². The zero-order valence-corrected chi connectivity index (χ0v) is 10.9. The number of aliphatic hydroxyl groups is 2. The highest BCUT2D eigenvalue weighted by Crippen LogP contribution is 2.20. The summed E-state index contributed by atoms with van der Waals surface area (Å²) in [5.41, 5.74) is 6.60. The van der Waals surface area contributed by atoms with Crippen molar-refractivity contribution in [1.29, 1.82) is 0 Å². The van der Waals surface area contributed by atoms with Crippen molar-refractivity contribution >= 4 is 27.5 Å². The van der Waals surface area contributed by atoms with Gasteiger partial charge in [-0.25, -0.2) is 0 Å². The Balaban J connectivity index is 2.88. The molecule has 0 spiro atoms. The van der Waals surface area contributed by atoms with Crippen molar-refractivity contribution in [3.05, 3.63) is 28.2 Å². The summed E-state index contributed by atoms with van der Waals surface area (Å²) in [6, 6.07) is 4.90. The first-order valence-electron chi connectivity index (χ1n) is 5.16. The summed E-state index contributed by atoms with van der Waals surface area (Å²) in [4.78, 5) is 13.4. The highest BCUT2D eigenvalue weighted by Gasteiger charge is 2.15. The average molecular weight is 303 g/mol. The van der Waals surface area contributed by atoms with Gasteiger partial charge in [-0.15, -0.1) is 0 Å². The predicted molar refractivity (Wildman–Crippen MR) is 68.6 cm³/mol. The van der Waals surface area contributed by atoms with E-state index in [1.165, 1.54) is 4.90 Å². The molecule has 0 bridgehead atoms. The van der Waals surface area contributed by atoms with E-state index >= 15 is 0 Å². The number of rotatable bonds is 5. The van der Waals surface area contributed by atoms with Gasteiger partial charge in [0.15, 0.2) is 0 Å². The van der Waals surface area contributed by atoms with E-state index in [1.54, 1.807) is 18.2 Å². The number of amides is 1. The number of hydrogen-bond acceptors (Lipinski definition) is 4. The van der Waals surface area contributed by atoms with Gasteiger partial charge in [-0.3, -0.25) is 4.79 Å². The fraction of sp³-hybridized carbons (Fsp3) is 0.364. The van der Waals surface area contributed by atoms with Gasteiger partial charge in [-0.1, -0.05) is 0 Å². The number of nitrogens with zero attached hydrogens (tertiary/aromatic N) is 1. The van der Waals surface area contributed by atoms with Crippen molar-refractivity contribution in [3.8, 4) is 0 Å². The van der Waals surface area contributed by atoms with Gasteiger partial charge in [0.1, 0.15) is 0 Å². The molecule has 0 unspecified atom stereocenters. The molecule has 6 heteroatoms. The zero-order valence-electron chi connectivity index (χ0n) is 9.27. The zero-order chi connectivity index (χ0) is 12.8. The van der Waals surface area contributed by atoms with E-state index in [0.29, 0.717) is 11.3 Å². The number of benzene rings is 1. The van der Waals surface area contributed by atoms with Crippen molar-refractivity contribution < 1.29 is 15.0 Å². The van der Waals surface area contributed by atoms with Crippen LogP contribution in [0.4, 0.5) is 5.69 Å². The number of anilines is 1. The molecule has 1 amide bonds. The van der Waals surface area contributed by atoms with Gasteiger partial charge in [0.25, 0.3) is 5.91 Å². The molecular formula is C11H15BrN2O3. The van der Waals surface area contributed by atoms with Crippen LogP contribution in [0.5, 0.6) is 0 Å². The molecule has 94 valence electrons. The molecule has 0 aliphatic carbocycles. The molecule has 4 N–H and O–H groups in total. The smallest absolute Gasteiger partial charge is 0.254 e. The molecule has 0 atom stereocenters. The van der Waals surface area contributed by atoms with E-state index in [0.717, 1.165) is 4.47 Å². The summed E-state index contributed by atoms with van der Waals surface area (Å²) in [5.74, 6) is -0.257. The first kappa shape index (κ1) is 14.0. The second-order valence-electron chi connectivity index (χ2n) is 3.48. The molecular weight excluding hydrogens is 288 g/mol. The lowest BCUT2D eigenvalue weighted by molar-refractivity contribution is 0.0685. The fourth-order valence-corrected chi connectivity index (χ4v) is 1.66. The standard InChI is InChI=1S/C11H15BrN2O3/c12-9-2-1-8(7-10(9)13)11(17)14(3-5-15)4-6-16/h1-2,7,15-16H,3-6,13H2. The number of nitrogen functional groups attached to an aromatic ring is 1. The van der Waals surface area contributed by atoms with Gasteiger partial charge in [-0.05, 0) is 34.1 Å². The number of hydrogen-bond donors (Lipinski definition) is 3. The lowest BCUT2D eigenvalue weighted by Crippen LogP contribution is -2.35. The maximum Gasteiger partial charge on any atom is 0.254 e. The van der Waals surface area contributed by atoms with E-state index in [9.17, 15) is 4.79 Å². The SMILES string of the molecule is Nc1cc(C(=O)N(CCO)CCO)ccc1Br. The van der Waals surface area contributed by atoms with E-state index in [-0.39, 0.29) is 32.2 Å². The minimum absolute atomic E-state index is 0.141. The first-order chi connectivity index (χ1) is 8.10. The van der Waals surface area contributed by atoms with Crippen LogP contribution in [0.25, 0.3) is 0 Å². The molecule has 0 aromatic heterocycles. The highest BCUT2D eigenvalue weighted by atomic mass is 79.9. The van der Waals surface area contributed by atoms with Crippen LogP contribution in [0.3, 0.4) is 0 Å². The molecule has 0 saturated heterocycles. The molecule has 0 aliphatic rings. The van der Waals surface area contributed by atoms with Crippen LogP contribution in [0.1, 0.15) is 10.4 Å². The molecule has 0 saturated carbocycles. The van der Waals surface area contributed by atoms with Gasteiger partial charge in [0.2, 0.25) is 0 Å².